The van der Waals surface area contributed by atoms with Gasteiger partial charge in [0.15, 0.2) is 5.82 Å². The van der Waals surface area contributed by atoms with E-state index in [9.17, 15) is 18.4 Å². The highest BCUT2D eigenvalue weighted by Gasteiger charge is 2.45. The van der Waals surface area contributed by atoms with Gasteiger partial charge in [-0.2, -0.15) is 5.26 Å². The standard InChI is InChI=1S/C21H17F2N5O2/c22-21(23)7-14(8-21)10-26-19(29)16-5-6-18(25-11-16)28-20(30)17(12-27-28)15-3-1-13(9-24)2-4-15/h1-6,11-12,14,27H,7-8,10H2,(H,26,29). The highest BCUT2D eigenvalue weighted by Crippen LogP contribution is 2.41. The molecule has 2 heterocycles. The maximum Gasteiger partial charge on any atom is 0.280 e. The van der Waals surface area contributed by atoms with Gasteiger partial charge in [-0.05, 0) is 35.7 Å². The van der Waals surface area contributed by atoms with Crippen LogP contribution in [0.2, 0.25) is 0 Å². The van der Waals surface area contributed by atoms with Gasteiger partial charge in [0.05, 0.1) is 22.8 Å². The molecule has 30 heavy (non-hydrogen) atoms. The lowest BCUT2D eigenvalue weighted by Crippen LogP contribution is -2.42. The molecule has 1 saturated carbocycles. The average molecular weight is 409 g/mol. The summed E-state index contributed by atoms with van der Waals surface area (Å²) in [5.41, 5.74) is 1.52. The molecule has 0 bridgehead atoms. The van der Waals surface area contributed by atoms with Crippen LogP contribution in [0, 0.1) is 17.2 Å². The minimum atomic E-state index is -2.61. The van der Waals surface area contributed by atoms with E-state index in [1.165, 1.54) is 23.0 Å². The minimum Gasteiger partial charge on any atom is -0.352 e. The summed E-state index contributed by atoms with van der Waals surface area (Å²) in [5, 5.41) is 14.3. The lowest BCUT2D eigenvalue weighted by atomic mass is 9.81. The van der Waals surface area contributed by atoms with E-state index in [0.717, 1.165) is 0 Å². The van der Waals surface area contributed by atoms with Crippen molar-refractivity contribution < 1.29 is 13.6 Å². The largest absolute Gasteiger partial charge is 0.352 e. The normalized spacial score (nSPS) is 15.2. The molecule has 0 saturated heterocycles. The Morgan fingerprint density at radius 1 is 1.27 bits per heavy atom. The van der Waals surface area contributed by atoms with Crippen LogP contribution in [0.3, 0.4) is 0 Å². The third-order valence-corrected chi connectivity index (χ3v) is 5.06. The molecule has 2 aromatic heterocycles. The summed E-state index contributed by atoms with van der Waals surface area (Å²) >= 11 is 0. The van der Waals surface area contributed by atoms with Crippen molar-refractivity contribution in [1.82, 2.24) is 20.1 Å². The Bertz CT molecular complexity index is 1170. The Morgan fingerprint density at radius 3 is 2.60 bits per heavy atom. The maximum absolute atomic E-state index is 12.9. The van der Waals surface area contributed by atoms with Gasteiger partial charge in [-0.1, -0.05) is 12.1 Å². The van der Waals surface area contributed by atoms with Gasteiger partial charge in [0.2, 0.25) is 5.92 Å². The number of nitrogens with one attached hydrogen (secondary N) is 2. The second-order valence-electron chi connectivity index (χ2n) is 7.26. The third kappa shape index (κ3) is 3.85. The number of nitrogens with zero attached hydrogens (tertiary/aromatic N) is 3. The van der Waals surface area contributed by atoms with Crippen molar-refractivity contribution in [3.63, 3.8) is 0 Å². The molecule has 9 heteroatoms. The Labute approximate surface area is 170 Å². The number of H-pyrrole nitrogens is 1. The van der Waals surface area contributed by atoms with E-state index >= 15 is 0 Å². The Kier molecular flexibility index (Phi) is 4.91. The van der Waals surface area contributed by atoms with Gasteiger partial charge in [-0.15, -0.1) is 0 Å². The predicted octanol–water partition coefficient (Wildman–Crippen LogP) is 2.87. The molecule has 1 amide bonds. The number of hydrogen-bond donors (Lipinski definition) is 2. The molecule has 0 spiro atoms. The van der Waals surface area contributed by atoms with Gasteiger partial charge >= 0.3 is 0 Å². The van der Waals surface area contributed by atoms with E-state index in [2.05, 4.69) is 15.4 Å². The molecule has 2 N–H and O–H groups in total. The van der Waals surface area contributed by atoms with Crippen LogP contribution in [0.15, 0.2) is 53.6 Å². The minimum absolute atomic E-state index is 0.195. The third-order valence-electron chi connectivity index (χ3n) is 5.06. The number of hydrogen-bond acceptors (Lipinski definition) is 4. The molecule has 1 aliphatic rings. The number of halogens is 2. The number of carbonyl (C=O) groups excluding carboxylic acids is 1. The number of amides is 1. The molecule has 1 aliphatic carbocycles. The van der Waals surface area contributed by atoms with Gasteiger partial charge in [0, 0.05) is 31.8 Å². The van der Waals surface area contributed by atoms with Crippen molar-refractivity contribution in [2.45, 2.75) is 18.8 Å². The van der Waals surface area contributed by atoms with Gasteiger partial charge in [-0.25, -0.2) is 18.4 Å². The van der Waals surface area contributed by atoms with E-state index in [-0.39, 0.29) is 36.4 Å². The molecular weight excluding hydrogens is 392 g/mol. The summed E-state index contributed by atoms with van der Waals surface area (Å²) in [7, 11) is 0. The van der Waals surface area contributed by atoms with Crippen LogP contribution in [0.5, 0.6) is 0 Å². The average Bonchev–Trinajstić information content (AvgIpc) is 3.12. The summed E-state index contributed by atoms with van der Waals surface area (Å²) in [5.74, 6) is -2.93. The first kappa shape index (κ1) is 19.5. The summed E-state index contributed by atoms with van der Waals surface area (Å²) in [4.78, 5) is 29.0. The van der Waals surface area contributed by atoms with Crippen molar-refractivity contribution in [3.8, 4) is 23.0 Å². The topological polar surface area (TPSA) is 104 Å². The van der Waals surface area contributed by atoms with Gasteiger partial charge < -0.3 is 5.32 Å². The Hall–Kier alpha value is -3.80. The highest BCUT2D eigenvalue weighted by molar-refractivity contribution is 5.93. The van der Waals surface area contributed by atoms with Gasteiger partial charge in [0.25, 0.3) is 11.5 Å². The number of carbonyl (C=O) groups is 1. The summed E-state index contributed by atoms with van der Waals surface area (Å²) < 4.78 is 26.9. The van der Waals surface area contributed by atoms with Crippen molar-refractivity contribution in [3.05, 3.63) is 70.3 Å². The van der Waals surface area contributed by atoms with Gasteiger partial charge in [0.1, 0.15) is 0 Å². The van der Waals surface area contributed by atoms with Crippen molar-refractivity contribution in [2.24, 2.45) is 5.92 Å². The number of aromatic nitrogens is 3. The number of benzene rings is 1. The van der Waals surface area contributed by atoms with E-state index in [1.807, 2.05) is 6.07 Å². The molecule has 152 valence electrons. The van der Waals surface area contributed by atoms with E-state index < -0.39 is 11.8 Å². The zero-order valence-corrected chi connectivity index (χ0v) is 15.7. The summed E-state index contributed by atoms with van der Waals surface area (Å²) in [6, 6.07) is 11.7. The zero-order valence-electron chi connectivity index (χ0n) is 15.7. The molecule has 1 aromatic carbocycles. The lowest BCUT2D eigenvalue weighted by Gasteiger charge is -2.34. The molecule has 7 nitrogen and oxygen atoms in total. The highest BCUT2D eigenvalue weighted by atomic mass is 19.3. The fraction of sp³-hybridized carbons (Fsp3) is 0.238. The molecule has 0 atom stereocenters. The van der Waals surface area contributed by atoms with Crippen LogP contribution < -0.4 is 10.9 Å². The lowest BCUT2D eigenvalue weighted by molar-refractivity contribution is -0.108. The fourth-order valence-corrected chi connectivity index (χ4v) is 3.39. The Balaban J connectivity index is 1.45. The van der Waals surface area contributed by atoms with Crippen LogP contribution in [0.1, 0.15) is 28.8 Å². The van der Waals surface area contributed by atoms with E-state index in [0.29, 0.717) is 22.5 Å². The molecule has 4 rings (SSSR count). The van der Waals surface area contributed by atoms with Crippen molar-refractivity contribution >= 4 is 5.91 Å². The quantitative estimate of drug-likeness (QED) is 0.676. The van der Waals surface area contributed by atoms with Crippen LogP contribution in [0.25, 0.3) is 16.9 Å². The molecule has 1 fully saturated rings. The smallest absolute Gasteiger partial charge is 0.280 e. The van der Waals surface area contributed by atoms with Crippen molar-refractivity contribution in [1.29, 1.82) is 5.26 Å². The molecule has 0 unspecified atom stereocenters. The van der Waals surface area contributed by atoms with E-state index in [1.54, 1.807) is 30.5 Å². The zero-order chi connectivity index (χ0) is 21.3. The van der Waals surface area contributed by atoms with Gasteiger partial charge in [-0.3, -0.25) is 14.7 Å². The first-order valence-corrected chi connectivity index (χ1v) is 9.30. The van der Waals surface area contributed by atoms with Crippen LogP contribution in [-0.4, -0.2) is 33.1 Å². The second kappa shape index (κ2) is 7.55. The van der Waals surface area contributed by atoms with E-state index in [4.69, 9.17) is 5.26 Å². The summed E-state index contributed by atoms with van der Waals surface area (Å²) in [6.07, 6.45) is 2.46. The number of alkyl halides is 2. The monoisotopic (exact) mass is 409 g/mol. The maximum atomic E-state index is 12.9. The van der Waals surface area contributed by atoms with Crippen LogP contribution >= 0.6 is 0 Å². The van der Waals surface area contributed by atoms with Crippen LogP contribution in [0.4, 0.5) is 8.78 Å². The number of aromatic amines is 1. The van der Waals surface area contributed by atoms with Crippen molar-refractivity contribution in [2.75, 3.05) is 6.54 Å². The summed E-state index contributed by atoms with van der Waals surface area (Å²) in [6.45, 7) is 0.195. The fourth-order valence-electron chi connectivity index (χ4n) is 3.39. The first-order chi connectivity index (χ1) is 14.4. The predicted molar refractivity (Wildman–Crippen MR) is 104 cm³/mol. The van der Waals surface area contributed by atoms with Crippen LogP contribution in [-0.2, 0) is 0 Å². The number of pyridine rings is 1. The Morgan fingerprint density at radius 2 is 2.00 bits per heavy atom. The molecule has 0 aliphatic heterocycles. The number of nitriles is 1. The molecular formula is C21H17F2N5O2. The SMILES string of the molecule is N#Cc1ccc(-c2c[nH]n(-c3ccc(C(=O)NCC4CC(F)(F)C4)cn3)c2=O)cc1. The number of rotatable bonds is 5. The second-order valence-corrected chi connectivity index (χ2v) is 7.26. The molecule has 0 radical (unpaired) electrons. The molecule has 3 aromatic rings. The first-order valence-electron chi connectivity index (χ1n) is 9.30.